The molecule has 16 heavy (non-hydrogen) atoms. The van der Waals surface area contributed by atoms with E-state index in [2.05, 4.69) is 0 Å². The van der Waals surface area contributed by atoms with E-state index in [1.165, 1.54) is 6.07 Å². The molecular formula is C11H12O4S. The zero-order chi connectivity index (χ0) is 11.9. The Labute approximate surface area is 93.8 Å². The van der Waals surface area contributed by atoms with Crippen LogP contribution in [0.1, 0.15) is 24.0 Å². The Morgan fingerprint density at radius 3 is 2.75 bits per heavy atom. The van der Waals surface area contributed by atoms with Gasteiger partial charge in [0.2, 0.25) is 0 Å². The first kappa shape index (κ1) is 11.1. The van der Waals surface area contributed by atoms with Crippen LogP contribution in [0.3, 0.4) is 0 Å². The Morgan fingerprint density at radius 1 is 1.44 bits per heavy atom. The van der Waals surface area contributed by atoms with Crippen LogP contribution in [0, 0.1) is 0 Å². The predicted molar refractivity (Wildman–Crippen MR) is 58.2 cm³/mol. The summed E-state index contributed by atoms with van der Waals surface area (Å²) in [6.45, 7) is 1.55. The van der Waals surface area contributed by atoms with Gasteiger partial charge in [0.15, 0.2) is 9.84 Å². The number of aryl methyl sites for hydroxylation is 1. The van der Waals surface area contributed by atoms with Gasteiger partial charge in [-0.3, -0.25) is 4.79 Å². The molecular weight excluding hydrogens is 228 g/mol. The molecule has 86 valence electrons. The molecule has 1 unspecified atom stereocenters. The van der Waals surface area contributed by atoms with Crippen LogP contribution < -0.4 is 0 Å². The molecule has 0 bridgehead atoms. The number of sulfone groups is 1. The number of benzene rings is 1. The van der Waals surface area contributed by atoms with Crippen molar-refractivity contribution in [3.63, 3.8) is 0 Å². The molecule has 0 spiro atoms. The second kappa shape index (κ2) is 3.59. The molecule has 1 aromatic rings. The highest BCUT2D eigenvalue weighted by molar-refractivity contribution is 7.91. The van der Waals surface area contributed by atoms with Gasteiger partial charge in [-0.15, -0.1) is 0 Å². The molecule has 1 N–H and O–H groups in total. The van der Waals surface area contributed by atoms with Crippen LogP contribution in [0.4, 0.5) is 0 Å². The van der Waals surface area contributed by atoms with Crippen LogP contribution in [-0.4, -0.2) is 25.2 Å². The lowest BCUT2D eigenvalue weighted by Crippen LogP contribution is -2.08. The standard InChI is InChI=1S/C11H12O4S/c1-7(11(12)13)9-3-2-8-4-5-16(14,15)10(8)6-9/h2-3,6-7H,4-5H2,1H3,(H,12,13). The van der Waals surface area contributed by atoms with E-state index in [-0.39, 0.29) is 5.75 Å². The summed E-state index contributed by atoms with van der Waals surface area (Å²) >= 11 is 0. The normalized spacial score (nSPS) is 19.1. The first-order valence-electron chi connectivity index (χ1n) is 5.00. The summed E-state index contributed by atoms with van der Waals surface area (Å²) in [6.07, 6.45) is 0.527. The lowest BCUT2D eigenvalue weighted by Gasteiger charge is -2.08. The average Bonchev–Trinajstić information content (AvgIpc) is 2.53. The van der Waals surface area contributed by atoms with Crippen molar-refractivity contribution < 1.29 is 18.3 Å². The minimum Gasteiger partial charge on any atom is -0.481 e. The van der Waals surface area contributed by atoms with Crippen molar-refractivity contribution in [1.29, 1.82) is 0 Å². The monoisotopic (exact) mass is 240 g/mol. The van der Waals surface area contributed by atoms with E-state index in [9.17, 15) is 13.2 Å². The molecule has 4 nitrogen and oxygen atoms in total. The van der Waals surface area contributed by atoms with Crippen LogP contribution in [0.25, 0.3) is 0 Å². The molecule has 0 aromatic heterocycles. The Morgan fingerprint density at radius 2 is 2.12 bits per heavy atom. The second-order valence-corrected chi connectivity index (χ2v) is 6.07. The average molecular weight is 240 g/mol. The molecule has 0 fully saturated rings. The van der Waals surface area contributed by atoms with Gasteiger partial charge >= 0.3 is 5.97 Å². The van der Waals surface area contributed by atoms with Crippen LogP contribution in [0.2, 0.25) is 0 Å². The maximum absolute atomic E-state index is 11.7. The maximum Gasteiger partial charge on any atom is 0.310 e. The fourth-order valence-electron chi connectivity index (χ4n) is 1.83. The van der Waals surface area contributed by atoms with Crippen LogP contribution in [0.15, 0.2) is 23.1 Å². The highest BCUT2D eigenvalue weighted by atomic mass is 32.2. The van der Waals surface area contributed by atoms with Gasteiger partial charge in [-0.2, -0.15) is 0 Å². The molecule has 0 saturated carbocycles. The molecule has 1 aliphatic rings. The van der Waals surface area contributed by atoms with Crippen molar-refractivity contribution in [2.75, 3.05) is 5.75 Å². The van der Waals surface area contributed by atoms with Gasteiger partial charge in [0.25, 0.3) is 0 Å². The zero-order valence-corrected chi connectivity index (χ0v) is 9.62. The quantitative estimate of drug-likeness (QED) is 0.843. The van der Waals surface area contributed by atoms with Gasteiger partial charge < -0.3 is 5.11 Å². The number of aliphatic carboxylic acids is 1. The highest BCUT2D eigenvalue weighted by Crippen LogP contribution is 2.29. The summed E-state index contributed by atoms with van der Waals surface area (Å²) in [6, 6.07) is 4.91. The van der Waals surface area contributed by atoms with Gasteiger partial charge in [0.1, 0.15) is 0 Å². The largest absolute Gasteiger partial charge is 0.481 e. The smallest absolute Gasteiger partial charge is 0.310 e. The number of hydrogen-bond acceptors (Lipinski definition) is 3. The molecule has 5 heteroatoms. The van der Waals surface area contributed by atoms with Gasteiger partial charge in [-0.1, -0.05) is 12.1 Å². The molecule has 0 radical (unpaired) electrons. The Balaban J connectivity index is 2.52. The Kier molecular flexibility index (Phi) is 2.50. The summed E-state index contributed by atoms with van der Waals surface area (Å²) in [5.74, 6) is -1.50. The van der Waals surface area contributed by atoms with E-state index in [4.69, 9.17) is 5.11 Å². The third-order valence-corrected chi connectivity index (χ3v) is 4.73. The highest BCUT2D eigenvalue weighted by Gasteiger charge is 2.27. The minimum atomic E-state index is -3.18. The Bertz CT molecular complexity index is 545. The van der Waals surface area contributed by atoms with Crippen molar-refractivity contribution >= 4 is 15.8 Å². The SMILES string of the molecule is CC(C(=O)O)c1ccc2c(c1)S(=O)(=O)CC2. The predicted octanol–water partition coefficient (Wildman–Crippen LogP) is 1.20. The van der Waals surface area contributed by atoms with Gasteiger partial charge in [0.05, 0.1) is 16.6 Å². The molecule has 2 rings (SSSR count). The van der Waals surface area contributed by atoms with E-state index >= 15 is 0 Å². The van der Waals surface area contributed by atoms with Crippen LogP contribution >= 0.6 is 0 Å². The van der Waals surface area contributed by atoms with Crippen molar-refractivity contribution in [1.82, 2.24) is 0 Å². The molecule has 1 aromatic carbocycles. The Hall–Kier alpha value is -1.36. The molecule has 0 aliphatic carbocycles. The van der Waals surface area contributed by atoms with E-state index in [0.717, 1.165) is 5.56 Å². The lowest BCUT2D eigenvalue weighted by atomic mass is 9.99. The lowest BCUT2D eigenvalue weighted by molar-refractivity contribution is -0.138. The molecule has 1 atom stereocenters. The molecule has 1 heterocycles. The van der Waals surface area contributed by atoms with Gasteiger partial charge in [-0.25, -0.2) is 8.42 Å². The van der Waals surface area contributed by atoms with E-state index in [0.29, 0.717) is 16.9 Å². The van der Waals surface area contributed by atoms with Crippen molar-refractivity contribution in [2.24, 2.45) is 0 Å². The van der Waals surface area contributed by atoms with Crippen molar-refractivity contribution in [3.8, 4) is 0 Å². The van der Waals surface area contributed by atoms with E-state index in [1.807, 2.05) is 0 Å². The third kappa shape index (κ3) is 1.71. The second-order valence-electron chi connectivity index (χ2n) is 4.00. The number of carboxylic acid groups (broad SMARTS) is 1. The van der Waals surface area contributed by atoms with E-state index < -0.39 is 21.7 Å². The van der Waals surface area contributed by atoms with Crippen molar-refractivity contribution in [2.45, 2.75) is 24.2 Å². The fraction of sp³-hybridized carbons (Fsp3) is 0.364. The van der Waals surface area contributed by atoms with Crippen LogP contribution in [0.5, 0.6) is 0 Å². The number of hydrogen-bond donors (Lipinski definition) is 1. The summed E-state index contributed by atoms with van der Waals surface area (Å²) < 4.78 is 23.3. The molecule has 0 saturated heterocycles. The number of carboxylic acids is 1. The number of carbonyl (C=O) groups is 1. The minimum absolute atomic E-state index is 0.132. The third-order valence-electron chi connectivity index (χ3n) is 2.94. The first-order chi connectivity index (χ1) is 7.42. The summed E-state index contributed by atoms with van der Waals surface area (Å²) in [4.78, 5) is 11.1. The zero-order valence-electron chi connectivity index (χ0n) is 8.80. The fourth-order valence-corrected chi connectivity index (χ4v) is 3.43. The first-order valence-corrected chi connectivity index (χ1v) is 6.65. The molecule has 1 aliphatic heterocycles. The summed E-state index contributed by atoms with van der Waals surface area (Å²) in [7, 11) is -3.18. The topological polar surface area (TPSA) is 71.4 Å². The van der Waals surface area contributed by atoms with Crippen molar-refractivity contribution in [3.05, 3.63) is 29.3 Å². The molecule has 0 amide bonds. The van der Waals surface area contributed by atoms with Gasteiger partial charge in [0, 0.05) is 0 Å². The number of rotatable bonds is 2. The van der Waals surface area contributed by atoms with Crippen LogP contribution in [-0.2, 0) is 21.1 Å². The number of fused-ring (bicyclic) bond motifs is 1. The summed E-state index contributed by atoms with van der Waals surface area (Å²) in [5, 5.41) is 8.86. The maximum atomic E-state index is 11.7. The van der Waals surface area contributed by atoms with E-state index in [1.54, 1.807) is 19.1 Å². The van der Waals surface area contributed by atoms with Gasteiger partial charge in [-0.05, 0) is 30.5 Å². The summed E-state index contributed by atoms with van der Waals surface area (Å²) in [5.41, 5.74) is 1.33.